The summed E-state index contributed by atoms with van der Waals surface area (Å²) in [6.45, 7) is 3.19. The van der Waals surface area contributed by atoms with Crippen LogP contribution in [0.15, 0.2) is 0 Å². The summed E-state index contributed by atoms with van der Waals surface area (Å²) in [6.07, 6.45) is -0.746. The fraction of sp³-hybridized carbons (Fsp3) is 0.857. The van der Waals surface area contributed by atoms with Crippen molar-refractivity contribution in [1.29, 1.82) is 0 Å². The molecule has 1 atom stereocenters. The Hall–Kier alpha value is -0.470. The van der Waals surface area contributed by atoms with Gasteiger partial charge in [0, 0.05) is 11.8 Å². The summed E-state index contributed by atoms with van der Waals surface area (Å²) >= 11 is 0. The maximum Gasteiger partial charge on any atom is 0.239 e. The lowest BCUT2D eigenvalue weighted by Crippen LogP contribution is -2.20. The number of rotatable bonds is 4. The molecule has 0 fully saturated rings. The Morgan fingerprint density at radius 3 is 2.20 bits per heavy atom. The van der Waals surface area contributed by atoms with Gasteiger partial charge in [0.2, 0.25) is 12.7 Å². The summed E-state index contributed by atoms with van der Waals surface area (Å²) in [5.74, 6) is 0. The van der Waals surface area contributed by atoms with Crippen molar-refractivity contribution in [2.45, 2.75) is 33.1 Å². The highest BCUT2D eigenvalue weighted by atomic mass is 19.3. The fourth-order valence-electron chi connectivity index (χ4n) is 0.599. The molecule has 0 aromatic carbocycles. The Labute approximate surface area is 59.4 Å². The topological polar surface area (TPSA) is 17.1 Å². The summed E-state index contributed by atoms with van der Waals surface area (Å²) in [5, 5.41) is 0. The van der Waals surface area contributed by atoms with Gasteiger partial charge in [-0.1, -0.05) is 13.8 Å². The molecule has 0 saturated carbocycles. The van der Waals surface area contributed by atoms with Crippen LogP contribution < -0.4 is 0 Å². The van der Waals surface area contributed by atoms with Gasteiger partial charge < -0.3 is 0 Å². The van der Waals surface area contributed by atoms with Gasteiger partial charge in [-0.25, -0.2) is 8.78 Å². The van der Waals surface area contributed by atoms with Crippen LogP contribution in [0.4, 0.5) is 8.78 Å². The number of alkyl halides is 2. The minimum atomic E-state index is -2.41. The summed E-state index contributed by atoms with van der Waals surface area (Å²) in [7, 11) is 0. The van der Waals surface area contributed by atoms with Crippen molar-refractivity contribution in [3.8, 4) is 0 Å². The lowest BCUT2D eigenvalue weighted by Gasteiger charge is -2.18. The first-order chi connectivity index (χ1) is 4.54. The van der Waals surface area contributed by atoms with Crippen LogP contribution in [0.2, 0.25) is 0 Å². The SMILES string of the molecule is CCC(C)([C]=O)CC(F)F. The van der Waals surface area contributed by atoms with Gasteiger partial charge in [0.05, 0.1) is 0 Å². The molecule has 0 aliphatic heterocycles. The van der Waals surface area contributed by atoms with Gasteiger partial charge in [0.25, 0.3) is 0 Å². The van der Waals surface area contributed by atoms with Crippen LogP contribution in [-0.4, -0.2) is 12.7 Å². The van der Waals surface area contributed by atoms with Gasteiger partial charge >= 0.3 is 0 Å². The third-order valence-electron chi connectivity index (χ3n) is 1.63. The normalized spacial score (nSPS) is 16.9. The van der Waals surface area contributed by atoms with Gasteiger partial charge in [-0.15, -0.1) is 0 Å². The molecule has 0 bridgehead atoms. The van der Waals surface area contributed by atoms with Crippen LogP contribution in [0.3, 0.4) is 0 Å². The van der Waals surface area contributed by atoms with Crippen LogP contribution in [0.1, 0.15) is 26.7 Å². The molecule has 0 aromatic rings. The summed E-state index contributed by atoms with van der Waals surface area (Å²) < 4.78 is 23.5. The second-order valence-electron chi connectivity index (χ2n) is 2.61. The van der Waals surface area contributed by atoms with Gasteiger partial charge in [-0.3, -0.25) is 4.79 Å². The van der Waals surface area contributed by atoms with Crippen molar-refractivity contribution < 1.29 is 13.6 Å². The maximum atomic E-state index is 11.7. The molecule has 0 N–H and O–H groups in total. The third kappa shape index (κ3) is 2.90. The average Bonchev–Trinajstić information content (AvgIpc) is 1.87. The van der Waals surface area contributed by atoms with E-state index in [0.717, 1.165) is 0 Å². The van der Waals surface area contributed by atoms with Gasteiger partial charge in [0.15, 0.2) is 0 Å². The molecule has 1 unspecified atom stereocenters. The van der Waals surface area contributed by atoms with E-state index in [1.807, 2.05) is 0 Å². The summed E-state index contributed by atoms with van der Waals surface area (Å²) in [6, 6.07) is 0. The second kappa shape index (κ2) is 3.64. The molecule has 0 aromatic heterocycles. The molecule has 3 heteroatoms. The monoisotopic (exact) mass is 149 g/mol. The molecule has 1 radical (unpaired) electrons. The predicted molar refractivity (Wildman–Crippen MR) is 34.7 cm³/mol. The largest absolute Gasteiger partial charge is 0.290 e. The van der Waals surface area contributed by atoms with Crippen LogP contribution in [0, 0.1) is 5.41 Å². The third-order valence-corrected chi connectivity index (χ3v) is 1.63. The first kappa shape index (κ1) is 9.53. The summed E-state index contributed by atoms with van der Waals surface area (Å²) in [4.78, 5) is 10.1. The second-order valence-corrected chi connectivity index (χ2v) is 2.61. The standard InChI is InChI=1S/C7H11F2O/c1-3-7(2,5-10)4-6(8)9/h6H,3-4H2,1-2H3. The zero-order valence-electron chi connectivity index (χ0n) is 6.16. The van der Waals surface area contributed by atoms with E-state index >= 15 is 0 Å². The molecule has 0 aliphatic rings. The zero-order valence-corrected chi connectivity index (χ0v) is 6.16. The number of hydrogen-bond donors (Lipinski definition) is 0. The van der Waals surface area contributed by atoms with E-state index in [9.17, 15) is 13.6 Å². The minimum Gasteiger partial charge on any atom is -0.290 e. The lowest BCUT2D eigenvalue weighted by atomic mass is 9.86. The molecule has 10 heavy (non-hydrogen) atoms. The predicted octanol–water partition coefficient (Wildman–Crippen LogP) is 2.17. The minimum absolute atomic E-state index is 0.382. The molecule has 1 nitrogen and oxygen atoms in total. The molecule has 0 heterocycles. The van der Waals surface area contributed by atoms with Crippen molar-refractivity contribution >= 4 is 6.29 Å². The van der Waals surface area contributed by atoms with Crippen LogP contribution in [0.5, 0.6) is 0 Å². The lowest BCUT2D eigenvalue weighted by molar-refractivity contribution is 0.101. The highest BCUT2D eigenvalue weighted by Gasteiger charge is 2.26. The van der Waals surface area contributed by atoms with Crippen LogP contribution in [-0.2, 0) is 4.79 Å². The van der Waals surface area contributed by atoms with Crippen LogP contribution >= 0.6 is 0 Å². The molecule has 59 valence electrons. The number of halogens is 2. The van der Waals surface area contributed by atoms with Crippen molar-refractivity contribution in [2.24, 2.45) is 5.41 Å². The number of carbonyl (C=O) groups excluding carboxylic acids is 1. The van der Waals surface area contributed by atoms with E-state index in [2.05, 4.69) is 0 Å². The molecule has 0 spiro atoms. The Kier molecular flexibility index (Phi) is 3.47. The van der Waals surface area contributed by atoms with Gasteiger partial charge in [-0.05, 0) is 6.42 Å². The van der Waals surface area contributed by atoms with E-state index in [0.29, 0.717) is 6.42 Å². The van der Waals surface area contributed by atoms with E-state index in [1.165, 1.54) is 6.92 Å². The first-order valence-corrected chi connectivity index (χ1v) is 3.21. The Bertz CT molecular complexity index is 114. The average molecular weight is 149 g/mol. The Morgan fingerprint density at radius 1 is 1.60 bits per heavy atom. The fourth-order valence-corrected chi connectivity index (χ4v) is 0.599. The van der Waals surface area contributed by atoms with Crippen molar-refractivity contribution in [3.05, 3.63) is 0 Å². The Morgan fingerprint density at radius 2 is 2.10 bits per heavy atom. The first-order valence-electron chi connectivity index (χ1n) is 3.21. The quantitative estimate of drug-likeness (QED) is 0.598. The van der Waals surface area contributed by atoms with E-state index < -0.39 is 11.8 Å². The van der Waals surface area contributed by atoms with Crippen molar-refractivity contribution in [3.63, 3.8) is 0 Å². The van der Waals surface area contributed by atoms with Gasteiger partial charge in [0.1, 0.15) is 0 Å². The Balaban J connectivity index is 3.92. The van der Waals surface area contributed by atoms with Crippen molar-refractivity contribution in [1.82, 2.24) is 0 Å². The van der Waals surface area contributed by atoms with Gasteiger partial charge in [-0.2, -0.15) is 0 Å². The molecular formula is C7H11F2O. The number of hydrogen-bond acceptors (Lipinski definition) is 1. The molecule has 0 amide bonds. The van der Waals surface area contributed by atoms with Crippen LogP contribution in [0.25, 0.3) is 0 Å². The zero-order chi connectivity index (χ0) is 8.20. The van der Waals surface area contributed by atoms with E-state index in [1.54, 1.807) is 13.2 Å². The highest BCUT2D eigenvalue weighted by molar-refractivity contribution is 5.59. The molecule has 0 saturated heterocycles. The van der Waals surface area contributed by atoms with E-state index in [-0.39, 0.29) is 6.42 Å². The van der Waals surface area contributed by atoms with E-state index in [4.69, 9.17) is 0 Å². The molecule has 0 rings (SSSR count). The molecular weight excluding hydrogens is 138 g/mol. The smallest absolute Gasteiger partial charge is 0.239 e. The van der Waals surface area contributed by atoms with Crippen molar-refractivity contribution in [2.75, 3.05) is 0 Å². The molecule has 0 aliphatic carbocycles. The summed E-state index contributed by atoms with van der Waals surface area (Å²) in [5.41, 5.74) is -0.950. The maximum absolute atomic E-state index is 11.7. The highest BCUT2D eigenvalue weighted by Crippen LogP contribution is 2.25.